The molecule has 0 heterocycles. The fourth-order valence-electron chi connectivity index (χ4n) is 8.92. The van der Waals surface area contributed by atoms with Gasteiger partial charge >= 0.3 is 0 Å². The van der Waals surface area contributed by atoms with Crippen molar-refractivity contribution >= 4 is 17.1 Å². The second-order valence-corrected chi connectivity index (χ2v) is 15.2. The first-order valence-electron chi connectivity index (χ1n) is 19.0. The Hall–Kier alpha value is -5.66. The number of nitrogens with zero attached hydrogens (tertiary/aromatic N) is 1. The first-order valence-corrected chi connectivity index (χ1v) is 19.0. The Morgan fingerprint density at radius 2 is 0.923 bits per heavy atom. The molecule has 0 aromatic heterocycles. The van der Waals surface area contributed by atoms with Crippen LogP contribution in [0.5, 0.6) is 0 Å². The Morgan fingerprint density at radius 1 is 0.423 bits per heavy atom. The van der Waals surface area contributed by atoms with Crippen LogP contribution >= 0.6 is 0 Å². The summed E-state index contributed by atoms with van der Waals surface area (Å²) < 4.78 is 0. The molecule has 0 atom stereocenters. The van der Waals surface area contributed by atoms with Crippen LogP contribution in [0, 0.1) is 0 Å². The molecule has 0 aliphatic heterocycles. The van der Waals surface area contributed by atoms with Crippen LogP contribution in [0.3, 0.4) is 0 Å². The van der Waals surface area contributed by atoms with Crippen LogP contribution in [0.1, 0.15) is 68.6 Å². The van der Waals surface area contributed by atoms with Gasteiger partial charge in [0, 0.05) is 22.4 Å². The molecule has 1 heteroatoms. The Balaban J connectivity index is 1.22. The Labute approximate surface area is 309 Å². The van der Waals surface area contributed by atoms with Gasteiger partial charge in [-0.05, 0) is 111 Å². The summed E-state index contributed by atoms with van der Waals surface area (Å²) in [4.78, 5) is 2.50. The van der Waals surface area contributed by atoms with Gasteiger partial charge in [0.25, 0.3) is 0 Å². The van der Waals surface area contributed by atoms with Crippen molar-refractivity contribution in [2.45, 2.75) is 57.3 Å². The van der Waals surface area contributed by atoms with E-state index in [4.69, 9.17) is 0 Å². The molecule has 0 unspecified atom stereocenters. The zero-order valence-electron chi connectivity index (χ0n) is 30.2. The van der Waals surface area contributed by atoms with Crippen molar-refractivity contribution in [3.63, 3.8) is 0 Å². The van der Waals surface area contributed by atoms with Crippen molar-refractivity contribution < 1.29 is 0 Å². The van der Waals surface area contributed by atoms with Gasteiger partial charge < -0.3 is 4.90 Å². The van der Waals surface area contributed by atoms with E-state index in [0.717, 1.165) is 5.69 Å². The van der Waals surface area contributed by atoms with Crippen LogP contribution in [0.25, 0.3) is 44.5 Å². The highest BCUT2D eigenvalue weighted by Gasteiger charge is 2.37. The molecule has 1 nitrogen and oxygen atoms in total. The molecule has 0 amide bonds. The summed E-state index contributed by atoms with van der Waals surface area (Å²) in [5, 5.41) is 0. The maximum absolute atomic E-state index is 2.50. The summed E-state index contributed by atoms with van der Waals surface area (Å²) in [5.41, 5.74) is 17.7. The molecule has 7 aromatic rings. The van der Waals surface area contributed by atoms with Gasteiger partial charge in [0.05, 0.1) is 5.69 Å². The van der Waals surface area contributed by atoms with Crippen LogP contribution in [-0.4, -0.2) is 0 Å². The molecule has 52 heavy (non-hydrogen) atoms. The lowest BCUT2D eigenvalue weighted by molar-refractivity contribution is 0.443. The van der Waals surface area contributed by atoms with E-state index in [1.165, 1.54) is 105 Å². The fourth-order valence-corrected chi connectivity index (χ4v) is 8.92. The molecule has 0 N–H and O–H groups in total. The summed E-state index contributed by atoms with van der Waals surface area (Å²) in [7, 11) is 0. The second kappa shape index (κ2) is 13.5. The Bertz CT molecular complexity index is 2330. The first-order chi connectivity index (χ1) is 25.6. The molecule has 254 valence electrons. The molecule has 0 radical (unpaired) electrons. The quantitative estimate of drug-likeness (QED) is 0.163. The summed E-state index contributed by atoms with van der Waals surface area (Å²) in [6, 6.07) is 63.1. The van der Waals surface area contributed by atoms with Gasteiger partial charge in [-0.15, -0.1) is 0 Å². The number of rotatable bonds is 7. The minimum atomic E-state index is -0.114. The van der Waals surface area contributed by atoms with E-state index < -0.39 is 0 Å². The lowest BCUT2D eigenvalue weighted by Gasteiger charge is -2.31. The van der Waals surface area contributed by atoms with Crippen molar-refractivity contribution in [3.8, 4) is 44.5 Å². The van der Waals surface area contributed by atoms with E-state index >= 15 is 0 Å². The van der Waals surface area contributed by atoms with Crippen LogP contribution in [0.4, 0.5) is 17.1 Å². The molecule has 0 bridgehead atoms. The minimum Gasteiger partial charge on any atom is -0.310 e. The summed E-state index contributed by atoms with van der Waals surface area (Å²) in [6.45, 7) is 4.76. The number of anilines is 3. The van der Waals surface area contributed by atoms with E-state index in [2.05, 4.69) is 189 Å². The fraction of sp³-hybridized carbons (Fsp3) is 0.176. The van der Waals surface area contributed by atoms with Crippen molar-refractivity contribution in [1.82, 2.24) is 0 Å². The van der Waals surface area contributed by atoms with Crippen molar-refractivity contribution in [1.29, 1.82) is 0 Å². The third kappa shape index (κ3) is 5.75. The molecule has 1 saturated carbocycles. The lowest BCUT2D eigenvalue weighted by atomic mass is 9.81. The molecule has 9 rings (SSSR count). The molecule has 2 aliphatic rings. The van der Waals surface area contributed by atoms with Gasteiger partial charge in [-0.2, -0.15) is 0 Å². The number of hydrogen-bond donors (Lipinski definition) is 0. The standard InChI is InChI=1S/C51H45N/c1-51(2)48-25-15-14-24-45(48)47-34-46(39-20-10-5-11-21-39)50(35-49(47)51)52(41-30-26-37(27-31-41)36-16-6-3-7-17-36)42-32-28-40(29-33-42)44-23-13-12-22-43(44)38-18-8-4-9-19-38/h4-5,8-15,18-36H,3,6-7,16-17H2,1-2H3. The number of fused-ring (bicyclic) bond motifs is 3. The van der Waals surface area contributed by atoms with E-state index in [0.29, 0.717) is 5.92 Å². The van der Waals surface area contributed by atoms with E-state index in [1.54, 1.807) is 0 Å². The Kier molecular flexibility index (Phi) is 8.36. The average Bonchev–Trinajstić information content (AvgIpc) is 3.44. The van der Waals surface area contributed by atoms with Gasteiger partial charge in [0.1, 0.15) is 0 Å². The topological polar surface area (TPSA) is 3.24 Å². The average molecular weight is 672 g/mol. The van der Waals surface area contributed by atoms with E-state index in [1.807, 2.05) is 0 Å². The summed E-state index contributed by atoms with van der Waals surface area (Å²) in [6.07, 6.45) is 6.65. The molecular formula is C51H45N. The molecule has 2 aliphatic carbocycles. The monoisotopic (exact) mass is 671 g/mol. The largest absolute Gasteiger partial charge is 0.310 e. The molecule has 0 spiro atoms. The van der Waals surface area contributed by atoms with Crippen LogP contribution in [0.15, 0.2) is 170 Å². The smallest absolute Gasteiger partial charge is 0.0543 e. The maximum atomic E-state index is 2.50. The number of hydrogen-bond acceptors (Lipinski definition) is 1. The number of benzene rings is 7. The minimum absolute atomic E-state index is 0.114. The van der Waals surface area contributed by atoms with Crippen molar-refractivity contribution in [3.05, 3.63) is 187 Å². The second-order valence-electron chi connectivity index (χ2n) is 15.2. The van der Waals surface area contributed by atoms with Gasteiger partial charge in [-0.1, -0.05) is 167 Å². The van der Waals surface area contributed by atoms with Gasteiger partial charge in [-0.3, -0.25) is 0 Å². The third-order valence-corrected chi connectivity index (χ3v) is 11.7. The van der Waals surface area contributed by atoms with E-state index in [-0.39, 0.29) is 5.41 Å². The third-order valence-electron chi connectivity index (χ3n) is 11.7. The molecule has 7 aromatic carbocycles. The van der Waals surface area contributed by atoms with Gasteiger partial charge in [0.15, 0.2) is 0 Å². The van der Waals surface area contributed by atoms with Crippen LogP contribution in [-0.2, 0) is 5.41 Å². The highest BCUT2D eigenvalue weighted by molar-refractivity contribution is 5.95. The highest BCUT2D eigenvalue weighted by Crippen LogP contribution is 2.53. The van der Waals surface area contributed by atoms with Crippen LogP contribution < -0.4 is 4.90 Å². The van der Waals surface area contributed by atoms with Gasteiger partial charge in [-0.25, -0.2) is 0 Å². The van der Waals surface area contributed by atoms with Crippen LogP contribution in [0.2, 0.25) is 0 Å². The molecule has 1 fully saturated rings. The summed E-state index contributed by atoms with van der Waals surface area (Å²) >= 11 is 0. The normalized spacial score (nSPS) is 14.8. The van der Waals surface area contributed by atoms with E-state index in [9.17, 15) is 0 Å². The summed E-state index contributed by atoms with van der Waals surface area (Å²) in [5.74, 6) is 0.666. The molecule has 0 saturated heterocycles. The zero-order valence-corrected chi connectivity index (χ0v) is 30.2. The van der Waals surface area contributed by atoms with Crippen molar-refractivity contribution in [2.24, 2.45) is 0 Å². The van der Waals surface area contributed by atoms with Gasteiger partial charge in [0.2, 0.25) is 0 Å². The maximum Gasteiger partial charge on any atom is 0.0543 e. The predicted octanol–water partition coefficient (Wildman–Crippen LogP) is 14.5. The SMILES string of the molecule is CC1(C)c2ccccc2-c2cc(-c3ccccc3)c(N(c3ccc(-c4ccccc4-c4ccccc4)cc3)c3ccc(C4CCCCC4)cc3)cc21. The predicted molar refractivity (Wildman–Crippen MR) is 221 cm³/mol. The molecular weight excluding hydrogens is 627 g/mol. The first kappa shape index (κ1) is 32.3. The zero-order chi connectivity index (χ0) is 35.1. The Morgan fingerprint density at radius 3 is 1.54 bits per heavy atom. The lowest BCUT2D eigenvalue weighted by Crippen LogP contribution is -2.17. The van der Waals surface area contributed by atoms with Crippen molar-refractivity contribution in [2.75, 3.05) is 4.90 Å². The highest BCUT2D eigenvalue weighted by atomic mass is 15.1.